The summed E-state index contributed by atoms with van der Waals surface area (Å²) in [7, 11) is 0. The van der Waals surface area contributed by atoms with Gasteiger partial charge in [-0.15, -0.1) is 0 Å². The minimum atomic E-state index is -0.187. The van der Waals surface area contributed by atoms with Crippen LogP contribution in [-0.2, 0) is 11.3 Å². The van der Waals surface area contributed by atoms with Crippen LogP contribution in [0.5, 0.6) is 0 Å². The standard InChI is InChI=1S/C20H24N4O2/c1-13(11-24-15(3)9-14(2)22-24)10-21-19(25)12-23-16(4)17-7-5-6-8-18(17)20(23)26/h5-9,13H,4,10-12H2,1-3H3,(H,21,25). The molecule has 1 aliphatic rings. The third kappa shape index (κ3) is 3.54. The number of carbonyl (C=O) groups excluding carboxylic acids is 2. The molecule has 6 nitrogen and oxygen atoms in total. The van der Waals surface area contributed by atoms with Crippen molar-refractivity contribution >= 4 is 17.5 Å². The molecular formula is C20H24N4O2. The Morgan fingerprint density at radius 2 is 1.96 bits per heavy atom. The molecule has 0 saturated heterocycles. The summed E-state index contributed by atoms with van der Waals surface area (Å²) < 4.78 is 1.95. The molecule has 1 aromatic heterocycles. The van der Waals surface area contributed by atoms with Crippen molar-refractivity contribution in [3.8, 4) is 0 Å². The minimum absolute atomic E-state index is 0.0149. The Morgan fingerprint density at radius 1 is 1.27 bits per heavy atom. The van der Waals surface area contributed by atoms with E-state index < -0.39 is 0 Å². The molecule has 0 aliphatic carbocycles. The van der Waals surface area contributed by atoms with Crippen LogP contribution in [0.25, 0.3) is 5.70 Å². The molecule has 2 amide bonds. The van der Waals surface area contributed by atoms with E-state index in [2.05, 4.69) is 23.9 Å². The summed E-state index contributed by atoms with van der Waals surface area (Å²) in [6.07, 6.45) is 0. The van der Waals surface area contributed by atoms with Crippen LogP contribution in [0, 0.1) is 19.8 Å². The maximum absolute atomic E-state index is 12.4. The first-order valence-electron chi connectivity index (χ1n) is 8.74. The quantitative estimate of drug-likeness (QED) is 0.868. The van der Waals surface area contributed by atoms with E-state index in [-0.39, 0.29) is 24.3 Å². The lowest BCUT2D eigenvalue weighted by Gasteiger charge is -2.18. The van der Waals surface area contributed by atoms with Gasteiger partial charge in [0.15, 0.2) is 0 Å². The van der Waals surface area contributed by atoms with E-state index in [0.29, 0.717) is 17.8 Å². The summed E-state index contributed by atoms with van der Waals surface area (Å²) in [4.78, 5) is 26.2. The van der Waals surface area contributed by atoms with Gasteiger partial charge in [-0.2, -0.15) is 5.10 Å². The number of aromatic nitrogens is 2. The summed E-state index contributed by atoms with van der Waals surface area (Å²) >= 11 is 0. The zero-order valence-electron chi connectivity index (χ0n) is 15.5. The van der Waals surface area contributed by atoms with Gasteiger partial charge in [0.2, 0.25) is 5.91 Å². The lowest BCUT2D eigenvalue weighted by Crippen LogP contribution is -2.39. The predicted molar refractivity (Wildman–Crippen MR) is 100 cm³/mol. The molecular weight excluding hydrogens is 328 g/mol. The fraction of sp³-hybridized carbons (Fsp3) is 0.350. The SMILES string of the molecule is C=C1c2ccccc2C(=O)N1CC(=O)NCC(C)Cn1nc(C)cc1C. The number of amides is 2. The zero-order valence-corrected chi connectivity index (χ0v) is 15.5. The fourth-order valence-electron chi connectivity index (χ4n) is 3.21. The van der Waals surface area contributed by atoms with Crippen LogP contribution in [-0.4, -0.2) is 39.6 Å². The summed E-state index contributed by atoms with van der Waals surface area (Å²) in [5, 5.41) is 7.35. The van der Waals surface area contributed by atoms with Crippen molar-refractivity contribution in [2.24, 2.45) is 5.92 Å². The van der Waals surface area contributed by atoms with Crippen LogP contribution in [0.15, 0.2) is 36.9 Å². The molecule has 1 unspecified atom stereocenters. The van der Waals surface area contributed by atoms with Crippen molar-refractivity contribution in [3.05, 3.63) is 59.4 Å². The Bertz CT molecular complexity index is 833. The van der Waals surface area contributed by atoms with Crippen LogP contribution < -0.4 is 5.32 Å². The van der Waals surface area contributed by atoms with Gasteiger partial charge in [-0.05, 0) is 31.9 Å². The number of fused-ring (bicyclic) bond motifs is 1. The number of hydrogen-bond acceptors (Lipinski definition) is 3. The lowest BCUT2D eigenvalue weighted by molar-refractivity contribution is -0.121. The Labute approximate surface area is 153 Å². The van der Waals surface area contributed by atoms with E-state index in [1.165, 1.54) is 4.90 Å². The van der Waals surface area contributed by atoms with Crippen molar-refractivity contribution in [1.29, 1.82) is 0 Å². The molecule has 2 heterocycles. The number of benzene rings is 1. The van der Waals surface area contributed by atoms with Gasteiger partial charge in [0.1, 0.15) is 6.54 Å². The molecule has 136 valence electrons. The van der Waals surface area contributed by atoms with E-state index in [1.54, 1.807) is 6.07 Å². The van der Waals surface area contributed by atoms with Crippen molar-refractivity contribution in [3.63, 3.8) is 0 Å². The molecule has 0 radical (unpaired) electrons. The molecule has 1 aromatic carbocycles. The van der Waals surface area contributed by atoms with Crippen LogP contribution >= 0.6 is 0 Å². The van der Waals surface area contributed by atoms with Crippen LogP contribution in [0.1, 0.15) is 34.2 Å². The van der Waals surface area contributed by atoms with Crippen molar-refractivity contribution in [2.75, 3.05) is 13.1 Å². The van der Waals surface area contributed by atoms with Crippen molar-refractivity contribution in [1.82, 2.24) is 20.0 Å². The molecule has 0 bridgehead atoms. The van der Waals surface area contributed by atoms with Gasteiger partial charge in [0, 0.05) is 35.6 Å². The average Bonchev–Trinajstić information content (AvgIpc) is 3.04. The van der Waals surface area contributed by atoms with E-state index in [1.807, 2.05) is 42.8 Å². The number of aryl methyl sites for hydroxylation is 2. The first kappa shape index (κ1) is 17.9. The molecule has 26 heavy (non-hydrogen) atoms. The number of carbonyl (C=O) groups is 2. The molecule has 1 atom stereocenters. The average molecular weight is 352 g/mol. The van der Waals surface area contributed by atoms with E-state index in [9.17, 15) is 9.59 Å². The molecule has 2 aromatic rings. The maximum Gasteiger partial charge on any atom is 0.259 e. The topological polar surface area (TPSA) is 67.2 Å². The molecule has 6 heteroatoms. The van der Waals surface area contributed by atoms with Gasteiger partial charge >= 0.3 is 0 Å². The largest absolute Gasteiger partial charge is 0.354 e. The van der Waals surface area contributed by atoms with Crippen molar-refractivity contribution < 1.29 is 9.59 Å². The molecule has 1 aliphatic heterocycles. The predicted octanol–water partition coefficient (Wildman–Crippen LogP) is 2.38. The number of hydrogen-bond donors (Lipinski definition) is 1. The molecule has 3 rings (SSSR count). The molecule has 0 fully saturated rings. The van der Waals surface area contributed by atoms with Crippen LogP contribution in [0.4, 0.5) is 0 Å². The van der Waals surface area contributed by atoms with Crippen LogP contribution in [0.3, 0.4) is 0 Å². The van der Waals surface area contributed by atoms with Gasteiger partial charge in [-0.25, -0.2) is 0 Å². The summed E-state index contributed by atoms with van der Waals surface area (Å²) in [5.41, 5.74) is 4.07. The molecule has 0 spiro atoms. The monoisotopic (exact) mass is 352 g/mol. The number of nitrogens with zero attached hydrogens (tertiary/aromatic N) is 3. The number of rotatable bonds is 6. The second kappa shape index (κ2) is 7.15. The highest BCUT2D eigenvalue weighted by molar-refractivity contribution is 6.10. The first-order valence-corrected chi connectivity index (χ1v) is 8.74. The van der Waals surface area contributed by atoms with Crippen LogP contribution in [0.2, 0.25) is 0 Å². The maximum atomic E-state index is 12.4. The smallest absolute Gasteiger partial charge is 0.259 e. The van der Waals surface area contributed by atoms with Crippen molar-refractivity contribution in [2.45, 2.75) is 27.3 Å². The summed E-state index contributed by atoms with van der Waals surface area (Å²) in [5.74, 6) is -0.129. The highest BCUT2D eigenvalue weighted by atomic mass is 16.2. The summed E-state index contributed by atoms with van der Waals surface area (Å²) in [6.45, 7) is 11.3. The highest BCUT2D eigenvalue weighted by Gasteiger charge is 2.31. The Morgan fingerprint density at radius 3 is 2.58 bits per heavy atom. The highest BCUT2D eigenvalue weighted by Crippen LogP contribution is 2.30. The first-order chi connectivity index (χ1) is 12.4. The third-order valence-corrected chi connectivity index (χ3v) is 4.58. The second-order valence-electron chi connectivity index (χ2n) is 6.90. The Kier molecular flexibility index (Phi) is 4.93. The van der Waals surface area contributed by atoms with Gasteiger partial charge in [0.05, 0.1) is 5.69 Å². The Hall–Kier alpha value is -2.89. The van der Waals surface area contributed by atoms with Gasteiger partial charge < -0.3 is 5.32 Å². The van der Waals surface area contributed by atoms with Gasteiger partial charge in [-0.3, -0.25) is 19.2 Å². The third-order valence-electron chi connectivity index (χ3n) is 4.58. The molecule has 1 N–H and O–H groups in total. The van der Waals surface area contributed by atoms with Gasteiger partial charge in [0.25, 0.3) is 5.91 Å². The van der Waals surface area contributed by atoms with E-state index in [4.69, 9.17) is 0 Å². The zero-order chi connectivity index (χ0) is 18.8. The van der Waals surface area contributed by atoms with Gasteiger partial charge in [-0.1, -0.05) is 31.7 Å². The number of nitrogens with one attached hydrogen (secondary N) is 1. The minimum Gasteiger partial charge on any atom is -0.354 e. The van der Waals surface area contributed by atoms with E-state index >= 15 is 0 Å². The summed E-state index contributed by atoms with van der Waals surface area (Å²) in [6, 6.07) is 9.32. The lowest BCUT2D eigenvalue weighted by atomic mass is 10.1. The van der Waals surface area contributed by atoms with E-state index in [0.717, 1.165) is 23.5 Å². The Balaban J connectivity index is 1.53. The normalized spacial score (nSPS) is 14.5. The second-order valence-corrected chi connectivity index (χ2v) is 6.90. The fourth-order valence-corrected chi connectivity index (χ4v) is 3.21. The molecule has 0 saturated carbocycles.